The highest BCUT2D eigenvalue weighted by molar-refractivity contribution is 5.21. The molecule has 1 fully saturated rings. The lowest BCUT2D eigenvalue weighted by Crippen LogP contribution is -2.42. The van der Waals surface area contributed by atoms with Crippen molar-refractivity contribution in [2.45, 2.75) is 52.6 Å². The monoisotopic (exact) mass is 283 g/mol. The molecule has 114 valence electrons. The van der Waals surface area contributed by atoms with E-state index in [2.05, 4.69) is 75.5 Å². The molecule has 1 aromatic carbocycles. The van der Waals surface area contributed by atoms with Gasteiger partial charge in [0.1, 0.15) is 0 Å². The topological polar surface area (TPSA) is 12.0 Å². The third-order valence-corrected chi connectivity index (χ3v) is 5.40. The van der Waals surface area contributed by atoms with E-state index in [9.17, 15) is 0 Å². The van der Waals surface area contributed by atoms with Crippen LogP contribution in [0.1, 0.15) is 52.1 Å². The summed E-state index contributed by atoms with van der Waals surface area (Å²) in [5.74, 6) is 2.48. The van der Waals surface area contributed by atoms with Crippen molar-refractivity contribution >= 4 is 0 Å². The Balaban J connectivity index is 1.74. The summed E-state index contributed by atoms with van der Waals surface area (Å²) in [4.78, 5) is 0. The molecule has 0 aliphatic heterocycles. The van der Waals surface area contributed by atoms with Crippen molar-refractivity contribution in [3.63, 3.8) is 0 Å². The summed E-state index contributed by atoms with van der Waals surface area (Å²) in [7, 11) is 0. The minimum absolute atomic E-state index is 0.225. The van der Waals surface area contributed by atoms with Crippen LogP contribution < -0.4 is 5.32 Å². The Kier molecular flexibility index (Phi) is 3.96. The fourth-order valence-electron chi connectivity index (χ4n) is 4.28. The molecule has 1 heteroatoms. The van der Waals surface area contributed by atoms with E-state index in [-0.39, 0.29) is 5.41 Å². The average Bonchev–Trinajstić information content (AvgIpc) is 3.07. The van der Waals surface area contributed by atoms with Gasteiger partial charge in [-0.25, -0.2) is 0 Å². The first-order valence-electron chi connectivity index (χ1n) is 8.44. The molecule has 0 aromatic heterocycles. The molecule has 2 aliphatic carbocycles. The van der Waals surface area contributed by atoms with Gasteiger partial charge in [0, 0.05) is 12.1 Å². The highest BCUT2D eigenvalue weighted by Gasteiger charge is 2.40. The number of benzene rings is 1. The molecule has 21 heavy (non-hydrogen) atoms. The molecule has 1 nitrogen and oxygen atoms in total. The van der Waals surface area contributed by atoms with Crippen LogP contribution in [-0.4, -0.2) is 6.04 Å². The molecular weight excluding hydrogens is 254 g/mol. The molecule has 0 amide bonds. The van der Waals surface area contributed by atoms with Crippen molar-refractivity contribution in [3.8, 4) is 0 Å². The standard InChI is InChI=1S/C20H29N/c1-14(18-13-15-10-11-17(18)12-15)21-19(20(2,3)4)16-8-6-5-7-9-16/h5-11,14-15,17-19,21H,12-13H2,1-4H3. The van der Waals surface area contributed by atoms with Crippen LogP contribution in [0, 0.1) is 23.2 Å². The van der Waals surface area contributed by atoms with Gasteiger partial charge in [-0.2, -0.15) is 0 Å². The second kappa shape index (κ2) is 5.61. The first-order chi connectivity index (χ1) is 9.95. The SMILES string of the molecule is CC(NC(c1ccccc1)C(C)(C)C)C1CC2C=CC1C2. The van der Waals surface area contributed by atoms with Gasteiger partial charge in [-0.15, -0.1) is 0 Å². The maximum absolute atomic E-state index is 3.97. The second-order valence-electron chi connectivity index (χ2n) is 8.11. The van der Waals surface area contributed by atoms with E-state index in [1.807, 2.05) is 0 Å². The van der Waals surface area contributed by atoms with Crippen molar-refractivity contribution in [1.29, 1.82) is 0 Å². The molecule has 2 bridgehead atoms. The normalized spacial score (nSPS) is 30.6. The molecule has 5 atom stereocenters. The summed E-state index contributed by atoms with van der Waals surface area (Å²) in [6, 6.07) is 11.9. The lowest BCUT2D eigenvalue weighted by molar-refractivity contribution is 0.213. The lowest BCUT2D eigenvalue weighted by Gasteiger charge is -2.37. The number of hydrogen-bond donors (Lipinski definition) is 1. The van der Waals surface area contributed by atoms with Gasteiger partial charge in [0.05, 0.1) is 0 Å². The molecule has 2 aliphatic rings. The number of nitrogens with one attached hydrogen (secondary N) is 1. The lowest BCUT2D eigenvalue weighted by atomic mass is 9.80. The molecule has 1 N–H and O–H groups in total. The number of hydrogen-bond acceptors (Lipinski definition) is 1. The molecule has 0 radical (unpaired) electrons. The molecule has 1 saturated carbocycles. The van der Waals surface area contributed by atoms with Crippen LogP contribution in [0.5, 0.6) is 0 Å². The van der Waals surface area contributed by atoms with Crippen molar-refractivity contribution < 1.29 is 0 Å². The summed E-state index contributed by atoms with van der Waals surface area (Å²) in [6.07, 6.45) is 7.67. The van der Waals surface area contributed by atoms with E-state index >= 15 is 0 Å². The molecule has 0 heterocycles. The molecule has 0 saturated heterocycles. The zero-order valence-electron chi connectivity index (χ0n) is 13.8. The van der Waals surface area contributed by atoms with Crippen molar-refractivity contribution in [2.75, 3.05) is 0 Å². The minimum Gasteiger partial charge on any atom is -0.307 e. The smallest absolute Gasteiger partial charge is 0.0371 e. The zero-order chi connectivity index (χ0) is 15.0. The largest absolute Gasteiger partial charge is 0.307 e. The quantitative estimate of drug-likeness (QED) is 0.770. The van der Waals surface area contributed by atoms with Crippen LogP contribution in [0.2, 0.25) is 0 Å². The van der Waals surface area contributed by atoms with Crippen LogP contribution in [-0.2, 0) is 0 Å². The summed E-state index contributed by atoms with van der Waals surface area (Å²) in [5.41, 5.74) is 1.64. The van der Waals surface area contributed by atoms with Crippen LogP contribution in [0.3, 0.4) is 0 Å². The summed E-state index contributed by atoms with van der Waals surface area (Å²) >= 11 is 0. The average molecular weight is 283 g/mol. The molecule has 0 spiro atoms. The van der Waals surface area contributed by atoms with E-state index in [0.717, 1.165) is 17.8 Å². The summed E-state index contributed by atoms with van der Waals surface area (Å²) in [5, 5.41) is 3.97. The second-order valence-corrected chi connectivity index (χ2v) is 8.11. The van der Waals surface area contributed by atoms with Gasteiger partial charge in [-0.3, -0.25) is 0 Å². The van der Waals surface area contributed by atoms with Crippen molar-refractivity contribution in [2.24, 2.45) is 23.2 Å². The Bertz CT molecular complexity index is 496. The Morgan fingerprint density at radius 1 is 1.05 bits per heavy atom. The van der Waals surface area contributed by atoms with Gasteiger partial charge in [0.2, 0.25) is 0 Å². The van der Waals surface area contributed by atoms with Gasteiger partial charge in [0.25, 0.3) is 0 Å². The Labute approximate surface area is 129 Å². The highest BCUT2D eigenvalue weighted by atomic mass is 15.0. The van der Waals surface area contributed by atoms with Crippen molar-refractivity contribution in [1.82, 2.24) is 5.32 Å². The Morgan fingerprint density at radius 3 is 2.29 bits per heavy atom. The van der Waals surface area contributed by atoms with Crippen LogP contribution in [0.15, 0.2) is 42.5 Å². The van der Waals surface area contributed by atoms with Gasteiger partial charge < -0.3 is 5.32 Å². The predicted molar refractivity (Wildman–Crippen MR) is 90.1 cm³/mol. The third-order valence-electron chi connectivity index (χ3n) is 5.40. The van der Waals surface area contributed by atoms with E-state index in [1.54, 1.807) is 0 Å². The van der Waals surface area contributed by atoms with Crippen molar-refractivity contribution in [3.05, 3.63) is 48.0 Å². The third kappa shape index (κ3) is 3.08. The van der Waals surface area contributed by atoms with Crippen LogP contribution in [0.25, 0.3) is 0 Å². The van der Waals surface area contributed by atoms with E-state index in [0.29, 0.717) is 12.1 Å². The maximum atomic E-state index is 3.97. The first kappa shape index (κ1) is 14.8. The van der Waals surface area contributed by atoms with Crippen LogP contribution >= 0.6 is 0 Å². The number of fused-ring (bicyclic) bond motifs is 2. The van der Waals surface area contributed by atoms with Gasteiger partial charge in [-0.1, -0.05) is 63.3 Å². The molecular formula is C20H29N. The van der Waals surface area contributed by atoms with E-state index in [4.69, 9.17) is 0 Å². The van der Waals surface area contributed by atoms with Crippen LogP contribution in [0.4, 0.5) is 0 Å². The molecule has 1 aromatic rings. The number of rotatable bonds is 4. The fourth-order valence-corrected chi connectivity index (χ4v) is 4.28. The molecule has 5 unspecified atom stereocenters. The van der Waals surface area contributed by atoms with Gasteiger partial charge in [-0.05, 0) is 48.5 Å². The predicted octanol–water partition coefficient (Wildman–Crippen LogP) is 4.96. The number of allylic oxidation sites excluding steroid dienone is 2. The molecule has 3 rings (SSSR count). The van der Waals surface area contributed by atoms with E-state index in [1.165, 1.54) is 18.4 Å². The summed E-state index contributed by atoms with van der Waals surface area (Å²) < 4.78 is 0. The van der Waals surface area contributed by atoms with Gasteiger partial charge >= 0.3 is 0 Å². The highest BCUT2D eigenvalue weighted by Crippen LogP contribution is 2.45. The van der Waals surface area contributed by atoms with Gasteiger partial charge in [0.15, 0.2) is 0 Å². The Hall–Kier alpha value is -1.08. The first-order valence-corrected chi connectivity index (χ1v) is 8.44. The van der Waals surface area contributed by atoms with E-state index < -0.39 is 0 Å². The zero-order valence-corrected chi connectivity index (χ0v) is 13.8. The minimum atomic E-state index is 0.225. The Morgan fingerprint density at radius 2 is 1.76 bits per heavy atom. The summed E-state index contributed by atoms with van der Waals surface area (Å²) in [6.45, 7) is 9.40. The fraction of sp³-hybridized carbons (Fsp3) is 0.600. The maximum Gasteiger partial charge on any atom is 0.0371 e.